The molecule has 2 aromatic heterocycles. The quantitative estimate of drug-likeness (QED) is 0.408. The number of hydrogen-bond donors (Lipinski definition) is 2. The summed E-state index contributed by atoms with van der Waals surface area (Å²) in [6.07, 6.45) is 2.39. The van der Waals surface area contributed by atoms with Gasteiger partial charge in [-0.1, -0.05) is 12.1 Å². The summed E-state index contributed by atoms with van der Waals surface area (Å²) < 4.78 is 44.8. The summed E-state index contributed by atoms with van der Waals surface area (Å²) in [5, 5.41) is 3.17. The number of amides is 2. The Morgan fingerprint density at radius 1 is 0.944 bits per heavy atom. The summed E-state index contributed by atoms with van der Waals surface area (Å²) in [6, 6.07) is 13.8. The number of furan rings is 1. The third kappa shape index (κ3) is 5.60. The first-order valence-corrected chi connectivity index (χ1v) is 12.8. The highest BCUT2D eigenvalue weighted by atomic mass is 32.2. The van der Waals surface area contributed by atoms with E-state index < -0.39 is 27.3 Å². The van der Waals surface area contributed by atoms with Crippen LogP contribution in [0.4, 0.5) is 4.39 Å². The standard InChI is InChI=1S/C26H24FN3O5S/c1-26(2,3)29-23(31)17-7-5-6-16(12-17)18-13-20-21(24(32)30-36(4,33)34)22(35-25(20)28-14-18)15-8-10-19(27)11-9-15/h5-14H,1-4H3,(H,29,31)(H,30,32). The van der Waals surface area contributed by atoms with Crippen LogP contribution in [0.3, 0.4) is 0 Å². The molecule has 10 heteroatoms. The molecular weight excluding hydrogens is 485 g/mol. The molecule has 0 aliphatic rings. The molecule has 4 rings (SSSR count). The van der Waals surface area contributed by atoms with Crippen LogP contribution in [0.15, 0.2) is 65.2 Å². The molecule has 0 aliphatic carbocycles. The first-order chi connectivity index (χ1) is 16.8. The molecule has 0 bridgehead atoms. The second-order valence-corrected chi connectivity index (χ2v) is 11.1. The molecule has 0 aliphatic heterocycles. The lowest BCUT2D eigenvalue weighted by Gasteiger charge is -2.20. The minimum absolute atomic E-state index is 0.0501. The smallest absolute Gasteiger partial charge is 0.269 e. The van der Waals surface area contributed by atoms with E-state index in [0.717, 1.165) is 6.26 Å². The average molecular weight is 510 g/mol. The van der Waals surface area contributed by atoms with Crippen molar-refractivity contribution in [1.29, 1.82) is 0 Å². The highest BCUT2D eigenvalue weighted by Crippen LogP contribution is 2.35. The minimum Gasteiger partial charge on any atom is -0.437 e. The van der Waals surface area contributed by atoms with Crippen LogP contribution >= 0.6 is 0 Å². The van der Waals surface area contributed by atoms with Crippen LogP contribution < -0.4 is 10.0 Å². The lowest BCUT2D eigenvalue weighted by atomic mass is 10.0. The molecule has 36 heavy (non-hydrogen) atoms. The van der Waals surface area contributed by atoms with Crippen LogP contribution in [0.1, 0.15) is 41.5 Å². The number of carbonyl (C=O) groups is 2. The van der Waals surface area contributed by atoms with Crippen LogP contribution in [0.2, 0.25) is 0 Å². The summed E-state index contributed by atoms with van der Waals surface area (Å²) in [6.45, 7) is 5.65. The number of benzene rings is 2. The number of carbonyl (C=O) groups excluding carboxylic acids is 2. The highest BCUT2D eigenvalue weighted by Gasteiger charge is 2.25. The fourth-order valence-corrected chi connectivity index (χ4v) is 4.08. The van der Waals surface area contributed by atoms with Crippen molar-refractivity contribution in [1.82, 2.24) is 15.0 Å². The van der Waals surface area contributed by atoms with E-state index >= 15 is 0 Å². The number of nitrogens with zero attached hydrogens (tertiary/aromatic N) is 1. The Kier molecular flexibility index (Phi) is 6.40. The number of fused-ring (bicyclic) bond motifs is 1. The Morgan fingerprint density at radius 2 is 1.64 bits per heavy atom. The Bertz CT molecular complexity index is 1590. The number of halogens is 1. The van der Waals surface area contributed by atoms with Gasteiger partial charge in [-0.15, -0.1) is 0 Å². The van der Waals surface area contributed by atoms with Crippen molar-refractivity contribution >= 4 is 32.9 Å². The Balaban J connectivity index is 1.85. The lowest BCUT2D eigenvalue weighted by Crippen LogP contribution is -2.40. The first kappa shape index (κ1) is 25.1. The monoisotopic (exact) mass is 509 g/mol. The van der Waals surface area contributed by atoms with E-state index in [-0.39, 0.29) is 28.3 Å². The maximum atomic E-state index is 13.5. The van der Waals surface area contributed by atoms with E-state index in [9.17, 15) is 22.4 Å². The molecule has 0 atom stereocenters. The number of sulfonamides is 1. The van der Waals surface area contributed by atoms with Gasteiger partial charge in [-0.05, 0) is 68.8 Å². The van der Waals surface area contributed by atoms with Gasteiger partial charge < -0.3 is 9.73 Å². The van der Waals surface area contributed by atoms with Crippen molar-refractivity contribution < 1.29 is 26.8 Å². The summed E-state index contributed by atoms with van der Waals surface area (Å²) in [7, 11) is -3.88. The Hall–Kier alpha value is -4.05. The number of aromatic nitrogens is 1. The molecule has 8 nitrogen and oxygen atoms in total. The van der Waals surface area contributed by atoms with Gasteiger partial charge in [0, 0.05) is 28.4 Å². The van der Waals surface area contributed by atoms with E-state index in [1.807, 2.05) is 25.5 Å². The molecule has 2 N–H and O–H groups in total. The van der Waals surface area contributed by atoms with Gasteiger partial charge in [0.2, 0.25) is 15.7 Å². The van der Waals surface area contributed by atoms with Crippen molar-refractivity contribution in [2.75, 3.05) is 6.26 Å². The Morgan fingerprint density at radius 3 is 2.28 bits per heavy atom. The average Bonchev–Trinajstić information content (AvgIpc) is 3.16. The van der Waals surface area contributed by atoms with Gasteiger partial charge in [0.15, 0.2) is 0 Å². The number of nitrogens with one attached hydrogen (secondary N) is 2. The van der Waals surface area contributed by atoms with Gasteiger partial charge in [-0.3, -0.25) is 9.59 Å². The molecule has 4 aromatic rings. The van der Waals surface area contributed by atoms with Gasteiger partial charge in [-0.25, -0.2) is 22.5 Å². The Labute approximate surface area is 207 Å². The van der Waals surface area contributed by atoms with Crippen molar-refractivity contribution in [3.05, 3.63) is 77.7 Å². The first-order valence-electron chi connectivity index (χ1n) is 10.9. The molecule has 0 unspecified atom stereocenters. The van der Waals surface area contributed by atoms with E-state index in [0.29, 0.717) is 22.3 Å². The second-order valence-electron chi connectivity index (χ2n) is 9.38. The zero-order chi connectivity index (χ0) is 26.3. The van der Waals surface area contributed by atoms with Crippen LogP contribution in [0.5, 0.6) is 0 Å². The van der Waals surface area contributed by atoms with Crippen LogP contribution in [-0.4, -0.2) is 37.0 Å². The molecule has 2 heterocycles. The molecule has 2 amide bonds. The van der Waals surface area contributed by atoms with Gasteiger partial charge in [0.25, 0.3) is 11.8 Å². The van der Waals surface area contributed by atoms with Gasteiger partial charge in [0.1, 0.15) is 11.6 Å². The maximum Gasteiger partial charge on any atom is 0.269 e. The van der Waals surface area contributed by atoms with E-state index in [1.165, 1.54) is 30.5 Å². The van der Waals surface area contributed by atoms with Gasteiger partial charge in [0.05, 0.1) is 17.2 Å². The van der Waals surface area contributed by atoms with Crippen LogP contribution in [-0.2, 0) is 10.0 Å². The summed E-state index contributed by atoms with van der Waals surface area (Å²) in [4.78, 5) is 30.0. The predicted octanol–water partition coefficient (Wildman–Crippen LogP) is 4.52. The van der Waals surface area contributed by atoms with Crippen molar-refractivity contribution in [2.24, 2.45) is 0 Å². The normalized spacial score (nSPS) is 11.9. The predicted molar refractivity (Wildman–Crippen MR) is 134 cm³/mol. The summed E-state index contributed by atoms with van der Waals surface area (Å²) in [5.74, 6) is -1.58. The molecule has 0 spiro atoms. The molecule has 0 radical (unpaired) electrons. The highest BCUT2D eigenvalue weighted by molar-refractivity contribution is 7.89. The van der Waals surface area contributed by atoms with E-state index in [1.54, 1.807) is 30.3 Å². The topological polar surface area (TPSA) is 118 Å². The zero-order valence-corrected chi connectivity index (χ0v) is 20.9. The molecule has 186 valence electrons. The molecule has 0 saturated carbocycles. The zero-order valence-electron chi connectivity index (χ0n) is 20.0. The number of hydrogen-bond acceptors (Lipinski definition) is 6. The van der Waals surface area contributed by atoms with E-state index in [4.69, 9.17) is 4.42 Å². The fraction of sp³-hybridized carbons (Fsp3) is 0.192. The SMILES string of the molecule is CC(C)(C)NC(=O)c1cccc(-c2cnc3oc(-c4ccc(F)cc4)c(C(=O)NS(C)(=O)=O)c3c2)c1. The van der Waals surface area contributed by atoms with Gasteiger partial charge in [-0.2, -0.15) is 0 Å². The van der Waals surface area contributed by atoms with Crippen LogP contribution in [0, 0.1) is 5.82 Å². The van der Waals surface area contributed by atoms with Crippen LogP contribution in [0.25, 0.3) is 33.6 Å². The summed E-state index contributed by atoms with van der Waals surface area (Å²) >= 11 is 0. The molecule has 0 fully saturated rings. The van der Waals surface area contributed by atoms with Crippen molar-refractivity contribution in [2.45, 2.75) is 26.3 Å². The lowest BCUT2D eigenvalue weighted by molar-refractivity contribution is 0.0918. The van der Waals surface area contributed by atoms with E-state index in [2.05, 4.69) is 10.3 Å². The third-order valence-corrected chi connectivity index (χ3v) is 5.66. The molecular formula is C26H24FN3O5S. The fourth-order valence-electron chi connectivity index (χ4n) is 3.64. The van der Waals surface area contributed by atoms with Crippen molar-refractivity contribution in [3.8, 4) is 22.5 Å². The minimum atomic E-state index is -3.88. The number of rotatable bonds is 5. The number of pyridine rings is 1. The largest absolute Gasteiger partial charge is 0.437 e. The second kappa shape index (κ2) is 9.19. The summed E-state index contributed by atoms with van der Waals surface area (Å²) in [5.41, 5.74) is 1.67. The van der Waals surface area contributed by atoms with Crippen molar-refractivity contribution in [3.63, 3.8) is 0 Å². The molecule has 0 saturated heterocycles. The van der Waals surface area contributed by atoms with Gasteiger partial charge >= 0.3 is 0 Å². The molecule has 2 aromatic carbocycles. The third-order valence-electron chi connectivity index (χ3n) is 5.10. The maximum absolute atomic E-state index is 13.5.